The predicted molar refractivity (Wildman–Crippen MR) is 83.6 cm³/mol. The molecule has 0 bridgehead atoms. The van der Waals surface area contributed by atoms with Gasteiger partial charge in [-0.2, -0.15) is 0 Å². The lowest BCUT2D eigenvalue weighted by Gasteiger charge is -2.36. The zero-order valence-electron chi connectivity index (χ0n) is 12.6. The average Bonchev–Trinajstić information content (AvgIpc) is 3.05. The molecule has 1 saturated heterocycles. The molecule has 3 rings (SSSR count). The molecule has 0 aromatic heterocycles. The van der Waals surface area contributed by atoms with Gasteiger partial charge in [0.25, 0.3) is 0 Å². The maximum Gasteiger partial charge on any atom is 0.00952 e. The molecule has 2 aliphatic rings. The van der Waals surface area contributed by atoms with E-state index in [0.29, 0.717) is 0 Å². The Morgan fingerprint density at radius 1 is 0.842 bits per heavy atom. The molecule has 1 saturated carbocycles. The van der Waals surface area contributed by atoms with E-state index in [-0.39, 0.29) is 0 Å². The molecule has 1 nitrogen and oxygen atoms in total. The van der Waals surface area contributed by atoms with E-state index in [1.54, 1.807) is 5.56 Å². The van der Waals surface area contributed by atoms with Gasteiger partial charge in [-0.05, 0) is 50.3 Å². The molecule has 1 heterocycles. The Balaban J connectivity index is 0.000000637. The van der Waals surface area contributed by atoms with Crippen molar-refractivity contribution in [3.05, 3.63) is 35.9 Å². The Morgan fingerprint density at radius 2 is 1.42 bits per heavy atom. The summed E-state index contributed by atoms with van der Waals surface area (Å²) in [6, 6.07) is 12.0. The van der Waals surface area contributed by atoms with Crippen molar-refractivity contribution in [3.63, 3.8) is 0 Å². The number of hydrogen-bond donors (Lipinski definition) is 0. The summed E-state index contributed by atoms with van der Waals surface area (Å²) in [5.41, 5.74) is 1.55. The normalized spacial score (nSPS) is 22.0. The smallest absolute Gasteiger partial charge is 0.00952 e. The second-order valence-electron chi connectivity index (χ2n) is 5.66. The third-order valence-electron chi connectivity index (χ3n) is 4.64. The fraction of sp³-hybridized carbons (Fsp3) is 0.667. The molecule has 1 aliphatic heterocycles. The van der Waals surface area contributed by atoms with Gasteiger partial charge in [0.05, 0.1) is 0 Å². The first-order valence-corrected chi connectivity index (χ1v) is 8.22. The Kier molecular flexibility index (Phi) is 5.91. The van der Waals surface area contributed by atoms with Crippen molar-refractivity contribution in [1.29, 1.82) is 0 Å². The maximum atomic E-state index is 2.76. The summed E-state index contributed by atoms with van der Waals surface area (Å²) >= 11 is 0. The number of rotatable bonds is 2. The number of piperidine rings is 1. The highest BCUT2D eigenvalue weighted by molar-refractivity contribution is 5.20. The van der Waals surface area contributed by atoms with Crippen LogP contribution < -0.4 is 0 Å². The van der Waals surface area contributed by atoms with Crippen molar-refractivity contribution >= 4 is 0 Å². The quantitative estimate of drug-likeness (QED) is 0.735. The minimum absolute atomic E-state index is 0.814. The summed E-state index contributed by atoms with van der Waals surface area (Å²) in [7, 11) is 0. The molecule has 2 fully saturated rings. The summed E-state index contributed by atoms with van der Waals surface area (Å²) in [6.45, 7) is 6.65. The lowest BCUT2D eigenvalue weighted by atomic mass is 9.89. The summed E-state index contributed by atoms with van der Waals surface area (Å²) in [6.07, 6.45) is 8.56. The first kappa shape index (κ1) is 14.6. The molecule has 1 aromatic carbocycles. The minimum atomic E-state index is 0.814. The number of nitrogens with zero attached hydrogens (tertiary/aromatic N) is 1. The zero-order valence-corrected chi connectivity index (χ0v) is 12.6. The molecule has 0 radical (unpaired) electrons. The van der Waals surface area contributed by atoms with Gasteiger partial charge in [-0.25, -0.2) is 0 Å². The summed E-state index contributed by atoms with van der Waals surface area (Å²) in [5, 5.41) is 0. The van der Waals surface area contributed by atoms with Crippen LogP contribution in [0.2, 0.25) is 0 Å². The van der Waals surface area contributed by atoms with E-state index in [1.807, 2.05) is 13.8 Å². The van der Waals surface area contributed by atoms with Gasteiger partial charge in [-0.1, -0.05) is 57.0 Å². The Hall–Kier alpha value is -0.820. The molecular weight excluding hydrogens is 230 g/mol. The van der Waals surface area contributed by atoms with E-state index >= 15 is 0 Å². The summed E-state index contributed by atoms with van der Waals surface area (Å²) in [4.78, 5) is 2.76. The first-order chi connectivity index (χ1) is 9.43. The average molecular weight is 259 g/mol. The van der Waals surface area contributed by atoms with Crippen LogP contribution in [0.3, 0.4) is 0 Å². The van der Waals surface area contributed by atoms with Crippen LogP contribution in [0.1, 0.15) is 63.9 Å². The lowest BCUT2D eigenvalue weighted by molar-refractivity contribution is 0.154. The largest absolute Gasteiger partial charge is 0.300 e. The molecule has 0 unspecified atom stereocenters. The summed E-state index contributed by atoms with van der Waals surface area (Å²) < 4.78 is 0. The molecular formula is C18H29N. The first-order valence-electron chi connectivity index (χ1n) is 8.22. The number of hydrogen-bond acceptors (Lipinski definition) is 1. The highest BCUT2D eigenvalue weighted by Gasteiger charge is 2.27. The van der Waals surface area contributed by atoms with Crippen LogP contribution in [-0.4, -0.2) is 24.0 Å². The topological polar surface area (TPSA) is 3.24 Å². The third kappa shape index (κ3) is 3.82. The number of benzene rings is 1. The molecule has 1 aliphatic carbocycles. The molecule has 0 spiro atoms. The molecule has 0 N–H and O–H groups in total. The second-order valence-corrected chi connectivity index (χ2v) is 5.66. The van der Waals surface area contributed by atoms with E-state index in [1.165, 1.54) is 51.6 Å². The predicted octanol–water partition coefficient (Wildman–Crippen LogP) is 4.83. The zero-order chi connectivity index (χ0) is 13.5. The van der Waals surface area contributed by atoms with Gasteiger partial charge < -0.3 is 4.90 Å². The van der Waals surface area contributed by atoms with Crippen LogP contribution in [-0.2, 0) is 0 Å². The third-order valence-corrected chi connectivity index (χ3v) is 4.64. The molecule has 0 atom stereocenters. The number of likely N-dealkylation sites (tertiary alicyclic amines) is 1. The monoisotopic (exact) mass is 259 g/mol. The van der Waals surface area contributed by atoms with Gasteiger partial charge in [-0.3, -0.25) is 0 Å². The van der Waals surface area contributed by atoms with Crippen LogP contribution in [0.5, 0.6) is 0 Å². The van der Waals surface area contributed by atoms with Gasteiger partial charge in [-0.15, -0.1) is 0 Å². The van der Waals surface area contributed by atoms with E-state index in [0.717, 1.165) is 12.0 Å². The lowest BCUT2D eigenvalue weighted by Crippen LogP contribution is -2.39. The van der Waals surface area contributed by atoms with Crippen molar-refractivity contribution in [2.75, 3.05) is 13.1 Å². The molecule has 1 heteroatoms. The van der Waals surface area contributed by atoms with Crippen LogP contribution in [0, 0.1) is 0 Å². The van der Waals surface area contributed by atoms with Gasteiger partial charge in [0.1, 0.15) is 0 Å². The highest BCUT2D eigenvalue weighted by atomic mass is 15.2. The second kappa shape index (κ2) is 7.69. The molecule has 106 valence electrons. The van der Waals surface area contributed by atoms with Crippen LogP contribution >= 0.6 is 0 Å². The van der Waals surface area contributed by atoms with Gasteiger partial charge >= 0.3 is 0 Å². The van der Waals surface area contributed by atoms with Gasteiger partial charge in [0.15, 0.2) is 0 Å². The van der Waals surface area contributed by atoms with Crippen molar-refractivity contribution in [3.8, 4) is 0 Å². The fourth-order valence-corrected chi connectivity index (χ4v) is 3.59. The fourth-order valence-electron chi connectivity index (χ4n) is 3.59. The van der Waals surface area contributed by atoms with Crippen molar-refractivity contribution < 1.29 is 0 Å². The maximum absolute atomic E-state index is 2.76. The van der Waals surface area contributed by atoms with Crippen molar-refractivity contribution in [2.45, 2.75) is 64.3 Å². The Morgan fingerprint density at radius 3 is 2.00 bits per heavy atom. The van der Waals surface area contributed by atoms with E-state index in [9.17, 15) is 0 Å². The minimum Gasteiger partial charge on any atom is -0.300 e. The molecule has 0 amide bonds. The Labute approximate surface area is 119 Å². The van der Waals surface area contributed by atoms with Crippen LogP contribution in [0.25, 0.3) is 0 Å². The van der Waals surface area contributed by atoms with E-state index < -0.39 is 0 Å². The molecule has 1 aromatic rings. The SMILES string of the molecule is CC.c1ccc(C2CCN(C3CCCC3)CC2)cc1. The van der Waals surface area contributed by atoms with Crippen LogP contribution in [0.15, 0.2) is 30.3 Å². The Bertz CT molecular complexity index is 332. The van der Waals surface area contributed by atoms with E-state index in [4.69, 9.17) is 0 Å². The van der Waals surface area contributed by atoms with E-state index in [2.05, 4.69) is 35.2 Å². The molecule has 19 heavy (non-hydrogen) atoms. The van der Waals surface area contributed by atoms with Crippen LogP contribution in [0.4, 0.5) is 0 Å². The highest BCUT2D eigenvalue weighted by Crippen LogP contribution is 2.32. The van der Waals surface area contributed by atoms with Gasteiger partial charge in [0.2, 0.25) is 0 Å². The summed E-state index contributed by atoms with van der Waals surface area (Å²) in [5.74, 6) is 0.814. The van der Waals surface area contributed by atoms with Crippen molar-refractivity contribution in [1.82, 2.24) is 4.90 Å². The van der Waals surface area contributed by atoms with Crippen molar-refractivity contribution in [2.24, 2.45) is 0 Å². The standard InChI is InChI=1S/C16H23N.C2H6/c1-2-6-14(7-3-1)15-10-12-17(13-11-15)16-8-4-5-9-16;1-2/h1-3,6-7,15-16H,4-5,8-13H2;1-2H3. The van der Waals surface area contributed by atoms with Gasteiger partial charge in [0, 0.05) is 6.04 Å².